The molecule has 2 aromatic carbocycles. The topological polar surface area (TPSA) is 71.7 Å². The SMILES string of the molecule is C#C/C=C(\C=C/C)c1oc2c([C@@H](C)Nc3ccccc3C3(O)COC3)cc(C)cc2c(=O)c1C. The molecule has 4 rings (SSSR count). The minimum atomic E-state index is -1.00. The molecule has 0 aliphatic carbocycles. The van der Waals surface area contributed by atoms with E-state index in [0.29, 0.717) is 27.9 Å². The highest BCUT2D eigenvalue weighted by Crippen LogP contribution is 2.37. The van der Waals surface area contributed by atoms with Crippen LogP contribution < -0.4 is 10.7 Å². The molecule has 34 heavy (non-hydrogen) atoms. The Labute approximate surface area is 199 Å². The predicted molar refractivity (Wildman–Crippen MR) is 137 cm³/mol. The maximum Gasteiger partial charge on any atom is 0.196 e. The lowest BCUT2D eigenvalue weighted by molar-refractivity contribution is -0.184. The largest absolute Gasteiger partial charge is 0.455 e. The van der Waals surface area contributed by atoms with Gasteiger partial charge in [0, 0.05) is 28.0 Å². The van der Waals surface area contributed by atoms with Crippen LogP contribution in [0.5, 0.6) is 0 Å². The van der Waals surface area contributed by atoms with Crippen molar-refractivity contribution in [1.82, 2.24) is 0 Å². The highest BCUT2D eigenvalue weighted by Gasteiger charge is 2.39. The third-order valence-corrected chi connectivity index (χ3v) is 6.19. The number of aliphatic hydroxyl groups is 1. The van der Waals surface area contributed by atoms with Crippen molar-refractivity contribution in [2.24, 2.45) is 0 Å². The lowest BCUT2D eigenvalue weighted by Gasteiger charge is -2.38. The van der Waals surface area contributed by atoms with Gasteiger partial charge >= 0.3 is 0 Å². The van der Waals surface area contributed by atoms with Gasteiger partial charge in [0.2, 0.25) is 0 Å². The standard InChI is InChI=1S/C29H29NO4/c1-6-10-21(11-7-2)27-19(4)26(31)23-15-18(3)14-22(28(23)34-27)20(5)30-25-13-9-8-12-24(25)29(32)16-33-17-29/h1,7-15,20,30,32H,16-17H2,2-5H3/b11-7-,21-10+/t20-/m1/s1. The van der Waals surface area contributed by atoms with Gasteiger partial charge in [-0.15, -0.1) is 6.42 Å². The van der Waals surface area contributed by atoms with E-state index >= 15 is 0 Å². The molecular formula is C29H29NO4. The molecule has 1 aliphatic rings. The Morgan fingerprint density at radius 2 is 2.00 bits per heavy atom. The summed E-state index contributed by atoms with van der Waals surface area (Å²) in [6, 6.07) is 11.3. The molecule has 5 nitrogen and oxygen atoms in total. The van der Waals surface area contributed by atoms with Gasteiger partial charge in [-0.1, -0.05) is 42.3 Å². The molecule has 0 unspecified atom stereocenters. The van der Waals surface area contributed by atoms with Crippen LogP contribution in [0.3, 0.4) is 0 Å². The summed E-state index contributed by atoms with van der Waals surface area (Å²) in [7, 11) is 0. The molecule has 5 heteroatoms. The molecule has 174 valence electrons. The van der Waals surface area contributed by atoms with Crippen molar-refractivity contribution in [3.8, 4) is 12.3 Å². The van der Waals surface area contributed by atoms with Gasteiger partial charge in [0.05, 0.1) is 24.6 Å². The van der Waals surface area contributed by atoms with Gasteiger partial charge in [0.25, 0.3) is 0 Å². The van der Waals surface area contributed by atoms with Crippen molar-refractivity contribution in [1.29, 1.82) is 0 Å². The van der Waals surface area contributed by atoms with Crippen molar-refractivity contribution in [2.45, 2.75) is 39.3 Å². The maximum absolute atomic E-state index is 13.3. The minimum absolute atomic E-state index is 0.0813. The molecule has 1 atom stereocenters. The lowest BCUT2D eigenvalue weighted by Crippen LogP contribution is -2.46. The Hall–Kier alpha value is -3.59. The maximum atomic E-state index is 13.3. The van der Waals surface area contributed by atoms with E-state index in [2.05, 4.69) is 11.2 Å². The van der Waals surface area contributed by atoms with E-state index in [4.69, 9.17) is 15.6 Å². The van der Waals surface area contributed by atoms with Crippen LogP contribution in [0.4, 0.5) is 5.69 Å². The van der Waals surface area contributed by atoms with Crippen molar-refractivity contribution < 1.29 is 14.3 Å². The minimum Gasteiger partial charge on any atom is -0.455 e. The molecule has 0 saturated carbocycles. The number of rotatable bonds is 6. The number of para-hydroxylation sites is 1. The first-order valence-corrected chi connectivity index (χ1v) is 11.3. The summed E-state index contributed by atoms with van der Waals surface area (Å²) in [6.45, 7) is 8.15. The molecule has 2 heterocycles. The zero-order chi connectivity index (χ0) is 24.5. The number of aryl methyl sites for hydroxylation is 1. The quantitative estimate of drug-likeness (QED) is 0.385. The van der Waals surface area contributed by atoms with Crippen LogP contribution in [-0.2, 0) is 10.3 Å². The van der Waals surface area contributed by atoms with Gasteiger partial charge in [-0.3, -0.25) is 4.79 Å². The summed E-state index contributed by atoms with van der Waals surface area (Å²) in [5, 5.41) is 14.9. The van der Waals surface area contributed by atoms with Crippen LogP contribution in [0.2, 0.25) is 0 Å². The van der Waals surface area contributed by atoms with Crippen LogP contribution in [0.15, 0.2) is 63.8 Å². The summed E-state index contributed by atoms with van der Waals surface area (Å²) < 4.78 is 11.6. The number of hydrogen-bond donors (Lipinski definition) is 2. The lowest BCUT2D eigenvalue weighted by atomic mass is 9.90. The fraction of sp³-hybridized carbons (Fsp3) is 0.276. The molecule has 2 N–H and O–H groups in total. The number of hydrogen-bond acceptors (Lipinski definition) is 5. The van der Waals surface area contributed by atoms with E-state index in [1.54, 1.807) is 13.0 Å². The smallest absolute Gasteiger partial charge is 0.196 e. The number of allylic oxidation sites excluding steroid dienone is 4. The Kier molecular flexibility index (Phi) is 6.47. The third-order valence-electron chi connectivity index (χ3n) is 6.19. The molecule has 0 spiro atoms. The van der Waals surface area contributed by atoms with Gasteiger partial charge in [-0.2, -0.15) is 0 Å². The summed E-state index contributed by atoms with van der Waals surface area (Å²) in [5.74, 6) is 3.00. The summed E-state index contributed by atoms with van der Waals surface area (Å²) in [6.07, 6.45) is 10.8. The number of fused-ring (bicyclic) bond motifs is 1. The van der Waals surface area contributed by atoms with E-state index in [1.807, 2.05) is 69.3 Å². The number of terminal acetylenes is 1. The molecule has 0 bridgehead atoms. The Balaban J connectivity index is 1.86. The highest BCUT2D eigenvalue weighted by molar-refractivity contribution is 5.85. The average molecular weight is 456 g/mol. The Morgan fingerprint density at radius 1 is 1.26 bits per heavy atom. The van der Waals surface area contributed by atoms with E-state index in [0.717, 1.165) is 22.4 Å². The first-order valence-electron chi connectivity index (χ1n) is 11.3. The second-order valence-electron chi connectivity index (χ2n) is 8.82. The average Bonchev–Trinajstić information content (AvgIpc) is 2.80. The van der Waals surface area contributed by atoms with Crippen LogP contribution >= 0.6 is 0 Å². The van der Waals surface area contributed by atoms with Gasteiger partial charge in [-0.25, -0.2) is 0 Å². The van der Waals surface area contributed by atoms with Gasteiger partial charge in [-0.05, 0) is 51.5 Å². The van der Waals surface area contributed by atoms with Crippen LogP contribution in [-0.4, -0.2) is 18.3 Å². The number of nitrogens with one attached hydrogen (secondary N) is 1. The van der Waals surface area contributed by atoms with E-state index in [-0.39, 0.29) is 24.7 Å². The van der Waals surface area contributed by atoms with Crippen molar-refractivity contribution >= 4 is 22.2 Å². The van der Waals surface area contributed by atoms with E-state index < -0.39 is 5.60 Å². The van der Waals surface area contributed by atoms with Crippen molar-refractivity contribution in [3.05, 3.63) is 92.9 Å². The van der Waals surface area contributed by atoms with E-state index in [1.165, 1.54) is 0 Å². The Morgan fingerprint density at radius 3 is 2.65 bits per heavy atom. The summed E-state index contributed by atoms with van der Waals surface area (Å²) in [4.78, 5) is 13.3. The van der Waals surface area contributed by atoms with E-state index in [9.17, 15) is 9.90 Å². The first-order chi connectivity index (χ1) is 16.3. The molecule has 1 fully saturated rings. The second-order valence-corrected chi connectivity index (χ2v) is 8.82. The highest BCUT2D eigenvalue weighted by atomic mass is 16.5. The summed E-state index contributed by atoms with van der Waals surface area (Å²) in [5.41, 5.74) is 4.03. The van der Waals surface area contributed by atoms with Crippen LogP contribution in [0.25, 0.3) is 16.5 Å². The fourth-order valence-electron chi connectivity index (χ4n) is 4.40. The fourth-order valence-corrected chi connectivity index (χ4v) is 4.40. The van der Waals surface area contributed by atoms with Gasteiger partial charge in [0.1, 0.15) is 16.9 Å². The van der Waals surface area contributed by atoms with Crippen molar-refractivity contribution in [2.75, 3.05) is 18.5 Å². The molecule has 1 saturated heterocycles. The zero-order valence-corrected chi connectivity index (χ0v) is 19.9. The van der Waals surface area contributed by atoms with Gasteiger partial charge in [0.15, 0.2) is 5.43 Å². The number of anilines is 1. The number of ether oxygens (including phenoxy) is 1. The normalized spacial score (nSPS) is 16.3. The van der Waals surface area contributed by atoms with Crippen LogP contribution in [0.1, 0.15) is 47.9 Å². The Bertz CT molecular complexity index is 1400. The third kappa shape index (κ3) is 4.19. The molecule has 0 amide bonds. The molecule has 0 radical (unpaired) electrons. The number of benzene rings is 2. The summed E-state index contributed by atoms with van der Waals surface area (Å²) >= 11 is 0. The predicted octanol–water partition coefficient (Wildman–Crippen LogP) is 5.39. The van der Waals surface area contributed by atoms with Crippen LogP contribution in [0, 0.1) is 26.2 Å². The monoisotopic (exact) mass is 455 g/mol. The molecule has 3 aromatic rings. The molecule has 1 aliphatic heterocycles. The second kappa shape index (κ2) is 9.34. The zero-order valence-electron chi connectivity index (χ0n) is 19.9. The van der Waals surface area contributed by atoms with Gasteiger partial charge < -0.3 is 19.6 Å². The van der Waals surface area contributed by atoms with Crippen molar-refractivity contribution in [3.63, 3.8) is 0 Å². The first kappa shape index (κ1) is 23.6. The molecule has 1 aromatic heterocycles. The molecular weight excluding hydrogens is 426 g/mol.